The van der Waals surface area contributed by atoms with Gasteiger partial charge in [0, 0.05) is 25.7 Å². The van der Waals surface area contributed by atoms with Crippen LogP contribution in [0.1, 0.15) is 52.9 Å². The minimum Gasteiger partial charge on any atom is -0.379 e. The molecular formula is C17H34IN3O2. The van der Waals surface area contributed by atoms with Crippen LogP contribution in [0.25, 0.3) is 0 Å². The second kappa shape index (κ2) is 10.7. The zero-order chi connectivity index (χ0) is 15.8. The van der Waals surface area contributed by atoms with Crippen molar-refractivity contribution < 1.29 is 9.47 Å². The highest BCUT2D eigenvalue weighted by Crippen LogP contribution is 2.37. The zero-order valence-electron chi connectivity index (χ0n) is 14.9. The number of ether oxygens (including phenoxy) is 2. The quantitative estimate of drug-likeness (QED) is 0.364. The Labute approximate surface area is 158 Å². The molecule has 5 nitrogen and oxygen atoms in total. The van der Waals surface area contributed by atoms with Gasteiger partial charge >= 0.3 is 0 Å². The summed E-state index contributed by atoms with van der Waals surface area (Å²) in [4.78, 5) is 4.80. The van der Waals surface area contributed by atoms with Gasteiger partial charge in [0.05, 0.1) is 19.3 Å². The topological polar surface area (TPSA) is 54.9 Å². The number of hydrogen-bond acceptors (Lipinski definition) is 3. The minimum atomic E-state index is 0. The molecule has 23 heavy (non-hydrogen) atoms. The van der Waals surface area contributed by atoms with Gasteiger partial charge in [0.2, 0.25) is 0 Å². The summed E-state index contributed by atoms with van der Waals surface area (Å²) < 4.78 is 11.2. The highest BCUT2D eigenvalue weighted by atomic mass is 127. The predicted octanol–water partition coefficient (Wildman–Crippen LogP) is 2.93. The van der Waals surface area contributed by atoms with E-state index < -0.39 is 0 Å². The fraction of sp³-hybridized carbons (Fsp3) is 0.941. The average molecular weight is 439 g/mol. The Morgan fingerprint density at radius 2 is 2.13 bits per heavy atom. The highest BCUT2D eigenvalue weighted by Gasteiger charge is 2.28. The molecular weight excluding hydrogens is 405 g/mol. The van der Waals surface area contributed by atoms with Gasteiger partial charge in [-0.1, -0.05) is 19.8 Å². The van der Waals surface area contributed by atoms with Gasteiger partial charge in [-0.05, 0) is 38.5 Å². The van der Waals surface area contributed by atoms with Crippen molar-refractivity contribution in [3.05, 3.63) is 0 Å². The summed E-state index contributed by atoms with van der Waals surface area (Å²) in [6.07, 6.45) is 6.58. The molecule has 1 aliphatic heterocycles. The van der Waals surface area contributed by atoms with Crippen LogP contribution in [0.2, 0.25) is 0 Å². The SMILES string of the molecule is CCNC(=NCC1(C)CCCC1)NC(C)COC1CCOC1.I. The summed E-state index contributed by atoms with van der Waals surface area (Å²) in [5.74, 6) is 0.911. The highest BCUT2D eigenvalue weighted by molar-refractivity contribution is 14.0. The number of hydrogen-bond donors (Lipinski definition) is 2. The summed E-state index contributed by atoms with van der Waals surface area (Å²) in [6, 6.07) is 0.245. The van der Waals surface area contributed by atoms with Gasteiger partial charge in [-0.15, -0.1) is 24.0 Å². The number of aliphatic imine (C=N–C) groups is 1. The molecule has 136 valence electrons. The maximum absolute atomic E-state index is 5.87. The maximum atomic E-state index is 5.87. The first kappa shape index (κ1) is 21.0. The van der Waals surface area contributed by atoms with Crippen LogP contribution in [-0.4, -0.2) is 51.0 Å². The summed E-state index contributed by atoms with van der Waals surface area (Å²) in [5, 5.41) is 6.80. The molecule has 2 N–H and O–H groups in total. The van der Waals surface area contributed by atoms with E-state index in [4.69, 9.17) is 14.5 Å². The Morgan fingerprint density at radius 1 is 1.39 bits per heavy atom. The fourth-order valence-corrected chi connectivity index (χ4v) is 3.18. The second-order valence-corrected chi connectivity index (χ2v) is 7.08. The van der Waals surface area contributed by atoms with Crippen LogP contribution in [-0.2, 0) is 9.47 Å². The summed E-state index contributed by atoms with van der Waals surface area (Å²) in [6.45, 7) is 10.6. The van der Waals surface area contributed by atoms with Gasteiger partial charge in [-0.3, -0.25) is 4.99 Å². The molecule has 0 bridgehead atoms. The molecule has 0 aromatic rings. The number of nitrogens with one attached hydrogen (secondary N) is 2. The van der Waals surface area contributed by atoms with E-state index in [1.165, 1.54) is 25.7 Å². The number of rotatable bonds is 7. The fourth-order valence-electron chi connectivity index (χ4n) is 3.18. The van der Waals surface area contributed by atoms with Crippen LogP contribution in [0.4, 0.5) is 0 Å². The van der Waals surface area contributed by atoms with E-state index in [1.54, 1.807) is 0 Å². The van der Waals surface area contributed by atoms with Crippen molar-refractivity contribution in [3.63, 3.8) is 0 Å². The maximum Gasteiger partial charge on any atom is 0.191 e. The first-order valence-electron chi connectivity index (χ1n) is 8.85. The average Bonchev–Trinajstić information content (AvgIpc) is 3.15. The van der Waals surface area contributed by atoms with Gasteiger partial charge in [-0.25, -0.2) is 0 Å². The van der Waals surface area contributed by atoms with E-state index in [1.807, 2.05) is 0 Å². The van der Waals surface area contributed by atoms with E-state index in [0.717, 1.165) is 38.7 Å². The Balaban J connectivity index is 0.00000264. The molecule has 0 spiro atoms. The van der Waals surface area contributed by atoms with Gasteiger partial charge in [0.15, 0.2) is 5.96 Å². The van der Waals surface area contributed by atoms with Crippen molar-refractivity contribution in [3.8, 4) is 0 Å². The Kier molecular flexibility index (Phi) is 9.77. The Hall–Kier alpha value is -0.0800. The first-order chi connectivity index (χ1) is 10.6. The van der Waals surface area contributed by atoms with Crippen LogP contribution in [0, 0.1) is 5.41 Å². The molecule has 2 rings (SSSR count). The molecule has 2 fully saturated rings. The number of nitrogens with zero attached hydrogens (tertiary/aromatic N) is 1. The monoisotopic (exact) mass is 439 g/mol. The molecule has 0 amide bonds. The normalized spacial score (nSPS) is 25.0. The van der Waals surface area contributed by atoms with Gasteiger partial charge in [-0.2, -0.15) is 0 Å². The van der Waals surface area contributed by atoms with E-state index in [0.29, 0.717) is 12.0 Å². The van der Waals surface area contributed by atoms with Crippen molar-refractivity contribution >= 4 is 29.9 Å². The molecule has 0 aromatic carbocycles. The van der Waals surface area contributed by atoms with Crippen LogP contribution in [0.3, 0.4) is 0 Å². The molecule has 6 heteroatoms. The van der Waals surface area contributed by atoms with E-state index >= 15 is 0 Å². The van der Waals surface area contributed by atoms with Crippen LogP contribution >= 0.6 is 24.0 Å². The van der Waals surface area contributed by atoms with Crippen molar-refractivity contribution in [2.45, 2.75) is 65.0 Å². The number of halogens is 1. The Bertz CT molecular complexity index is 354. The molecule has 1 heterocycles. The lowest BCUT2D eigenvalue weighted by Crippen LogP contribution is -2.45. The molecule has 2 aliphatic rings. The Morgan fingerprint density at radius 3 is 2.74 bits per heavy atom. The summed E-state index contributed by atoms with van der Waals surface area (Å²) in [5.41, 5.74) is 0.392. The van der Waals surface area contributed by atoms with Gasteiger partial charge < -0.3 is 20.1 Å². The van der Waals surface area contributed by atoms with Gasteiger partial charge in [0.25, 0.3) is 0 Å². The predicted molar refractivity (Wildman–Crippen MR) is 106 cm³/mol. The van der Waals surface area contributed by atoms with Crippen molar-refractivity contribution in [1.82, 2.24) is 10.6 Å². The van der Waals surface area contributed by atoms with Gasteiger partial charge in [0.1, 0.15) is 0 Å². The van der Waals surface area contributed by atoms with E-state index in [-0.39, 0.29) is 36.1 Å². The lowest BCUT2D eigenvalue weighted by Gasteiger charge is -2.23. The molecule has 0 radical (unpaired) electrons. The molecule has 1 saturated carbocycles. The first-order valence-corrected chi connectivity index (χ1v) is 8.85. The molecule has 1 saturated heterocycles. The minimum absolute atomic E-state index is 0. The lowest BCUT2D eigenvalue weighted by atomic mass is 9.89. The van der Waals surface area contributed by atoms with Crippen LogP contribution in [0.15, 0.2) is 4.99 Å². The third kappa shape index (κ3) is 7.56. The second-order valence-electron chi connectivity index (χ2n) is 7.08. The van der Waals surface area contributed by atoms with Crippen LogP contribution < -0.4 is 10.6 Å². The molecule has 2 atom stereocenters. The van der Waals surface area contributed by atoms with Crippen LogP contribution in [0.5, 0.6) is 0 Å². The third-order valence-electron chi connectivity index (χ3n) is 4.63. The zero-order valence-corrected chi connectivity index (χ0v) is 17.2. The summed E-state index contributed by atoms with van der Waals surface area (Å²) in [7, 11) is 0. The van der Waals surface area contributed by atoms with Crippen molar-refractivity contribution in [1.29, 1.82) is 0 Å². The lowest BCUT2D eigenvalue weighted by molar-refractivity contribution is 0.0347. The van der Waals surface area contributed by atoms with Crippen molar-refractivity contribution in [2.75, 3.05) is 32.9 Å². The standard InChI is InChI=1S/C17H33N3O2.HI/c1-4-18-16(19-13-17(3)8-5-6-9-17)20-14(2)11-22-15-7-10-21-12-15;/h14-15H,4-13H2,1-3H3,(H2,18,19,20);1H. The third-order valence-corrected chi connectivity index (χ3v) is 4.63. The smallest absolute Gasteiger partial charge is 0.191 e. The van der Waals surface area contributed by atoms with E-state index in [9.17, 15) is 0 Å². The largest absolute Gasteiger partial charge is 0.379 e. The van der Waals surface area contributed by atoms with E-state index in [2.05, 4.69) is 31.4 Å². The number of guanidine groups is 1. The molecule has 0 aromatic heterocycles. The molecule has 1 aliphatic carbocycles. The molecule has 2 unspecified atom stereocenters. The summed E-state index contributed by atoms with van der Waals surface area (Å²) >= 11 is 0. The van der Waals surface area contributed by atoms with Crippen molar-refractivity contribution in [2.24, 2.45) is 10.4 Å².